The van der Waals surface area contributed by atoms with Crippen molar-refractivity contribution in [1.29, 1.82) is 0 Å². The van der Waals surface area contributed by atoms with E-state index < -0.39 is 0 Å². The van der Waals surface area contributed by atoms with Crippen LogP contribution in [0.15, 0.2) is 18.5 Å². The van der Waals surface area contributed by atoms with Gasteiger partial charge in [0, 0.05) is 31.5 Å². The van der Waals surface area contributed by atoms with Gasteiger partial charge in [-0.3, -0.25) is 0 Å². The van der Waals surface area contributed by atoms with E-state index in [0.717, 1.165) is 18.5 Å². The number of nitrogens with zero attached hydrogens (tertiary/aromatic N) is 1. The predicted octanol–water partition coefficient (Wildman–Crippen LogP) is 3.18. The maximum absolute atomic E-state index is 3.55. The highest BCUT2D eigenvalue weighted by molar-refractivity contribution is 5.10. The molecule has 0 atom stereocenters. The monoisotopic (exact) mass is 220 g/mol. The molecule has 0 aliphatic heterocycles. The standard InChI is InChI=1S/C14H24N2/c1-12(2)4-3-8-16-9-7-13(11-16)10-15-14-5-6-14/h7,9,11-12,14-15H,3-6,8,10H2,1-2H3. The molecular weight excluding hydrogens is 196 g/mol. The molecule has 1 aromatic rings. The average molecular weight is 220 g/mol. The highest BCUT2D eigenvalue weighted by atomic mass is 15.0. The molecule has 1 aromatic heterocycles. The summed E-state index contributed by atoms with van der Waals surface area (Å²) in [5.74, 6) is 0.826. The number of aryl methyl sites for hydroxylation is 1. The molecule has 0 saturated heterocycles. The van der Waals surface area contributed by atoms with Crippen molar-refractivity contribution in [2.75, 3.05) is 0 Å². The van der Waals surface area contributed by atoms with Gasteiger partial charge < -0.3 is 9.88 Å². The zero-order chi connectivity index (χ0) is 11.4. The van der Waals surface area contributed by atoms with Crippen LogP contribution in [-0.4, -0.2) is 10.6 Å². The first-order chi connectivity index (χ1) is 7.74. The molecule has 0 unspecified atom stereocenters. The second-order valence-electron chi connectivity index (χ2n) is 5.45. The molecule has 0 spiro atoms. The molecule has 2 nitrogen and oxygen atoms in total. The van der Waals surface area contributed by atoms with E-state index in [0.29, 0.717) is 0 Å². The van der Waals surface area contributed by atoms with E-state index in [1.807, 2.05) is 0 Å². The summed E-state index contributed by atoms with van der Waals surface area (Å²) in [4.78, 5) is 0. The van der Waals surface area contributed by atoms with Crippen LogP contribution in [0.5, 0.6) is 0 Å². The zero-order valence-electron chi connectivity index (χ0n) is 10.6. The number of aromatic nitrogens is 1. The van der Waals surface area contributed by atoms with Gasteiger partial charge >= 0.3 is 0 Å². The first kappa shape index (κ1) is 11.7. The van der Waals surface area contributed by atoms with Crippen molar-refractivity contribution in [3.8, 4) is 0 Å². The Morgan fingerprint density at radius 2 is 2.25 bits per heavy atom. The Balaban J connectivity index is 1.68. The smallest absolute Gasteiger partial charge is 0.0223 e. The number of hydrogen-bond acceptors (Lipinski definition) is 1. The highest BCUT2D eigenvalue weighted by Crippen LogP contribution is 2.19. The minimum Gasteiger partial charge on any atom is -0.354 e. The van der Waals surface area contributed by atoms with E-state index >= 15 is 0 Å². The van der Waals surface area contributed by atoms with Crippen LogP contribution in [0.4, 0.5) is 0 Å². The van der Waals surface area contributed by atoms with Gasteiger partial charge in [-0.1, -0.05) is 13.8 Å². The summed E-state index contributed by atoms with van der Waals surface area (Å²) in [6.07, 6.45) is 9.86. The molecule has 0 radical (unpaired) electrons. The van der Waals surface area contributed by atoms with E-state index in [1.165, 1.54) is 37.8 Å². The van der Waals surface area contributed by atoms with Gasteiger partial charge in [0.1, 0.15) is 0 Å². The molecule has 16 heavy (non-hydrogen) atoms. The lowest BCUT2D eigenvalue weighted by Crippen LogP contribution is -2.14. The lowest BCUT2D eigenvalue weighted by Gasteiger charge is -2.05. The Hall–Kier alpha value is -0.760. The first-order valence-electron chi connectivity index (χ1n) is 6.62. The number of nitrogens with one attached hydrogen (secondary N) is 1. The molecule has 1 aliphatic carbocycles. The van der Waals surface area contributed by atoms with Crippen molar-refractivity contribution in [2.24, 2.45) is 5.92 Å². The maximum atomic E-state index is 3.55. The molecule has 0 amide bonds. The fourth-order valence-electron chi connectivity index (χ4n) is 1.97. The predicted molar refractivity (Wildman–Crippen MR) is 68.4 cm³/mol. The Bertz CT molecular complexity index is 310. The van der Waals surface area contributed by atoms with Crippen LogP contribution < -0.4 is 5.32 Å². The second kappa shape index (κ2) is 5.53. The Morgan fingerprint density at radius 1 is 1.44 bits per heavy atom. The zero-order valence-corrected chi connectivity index (χ0v) is 10.6. The van der Waals surface area contributed by atoms with Gasteiger partial charge in [0.05, 0.1) is 0 Å². The molecule has 0 aromatic carbocycles. The lowest BCUT2D eigenvalue weighted by molar-refractivity contribution is 0.512. The van der Waals surface area contributed by atoms with Gasteiger partial charge in [0.15, 0.2) is 0 Å². The summed E-state index contributed by atoms with van der Waals surface area (Å²) >= 11 is 0. The fraction of sp³-hybridized carbons (Fsp3) is 0.714. The highest BCUT2D eigenvalue weighted by Gasteiger charge is 2.19. The Kier molecular flexibility index (Phi) is 4.05. The normalized spacial score (nSPS) is 15.9. The summed E-state index contributed by atoms with van der Waals surface area (Å²) in [5.41, 5.74) is 1.43. The lowest BCUT2D eigenvalue weighted by atomic mass is 10.1. The van der Waals surface area contributed by atoms with Crippen molar-refractivity contribution in [3.05, 3.63) is 24.0 Å². The van der Waals surface area contributed by atoms with Gasteiger partial charge in [-0.25, -0.2) is 0 Å². The van der Waals surface area contributed by atoms with Crippen molar-refractivity contribution >= 4 is 0 Å². The van der Waals surface area contributed by atoms with Gasteiger partial charge in [-0.05, 0) is 43.2 Å². The third-order valence-corrected chi connectivity index (χ3v) is 3.18. The Labute approximate surface area is 99.0 Å². The van der Waals surface area contributed by atoms with Crippen LogP contribution in [0.25, 0.3) is 0 Å². The molecular formula is C14H24N2. The van der Waals surface area contributed by atoms with Crippen molar-refractivity contribution in [2.45, 2.75) is 58.7 Å². The molecule has 1 heterocycles. The van der Waals surface area contributed by atoms with Gasteiger partial charge in [0.2, 0.25) is 0 Å². The van der Waals surface area contributed by atoms with Crippen LogP contribution in [0.3, 0.4) is 0 Å². The van der Waals surface area contributed by atoms with Crippen LogP contribution >= 0.6 is 0 Å². The van der Waals surface area contributed by atoms with Gasteiger partial charge in [0.25, 0.3) is 0 Å². The second-order valence-corrected chi connectivity index (χ2v) is 5.45. The third-order valence-electron chi connectivity index (χ3n) is 3.18. The minimum absolute atomic E-state index is 0.810. The van der Waals surface area contributed by atoms with Crippen LogP contribution in [0.1, 0.15) is 45.1 Å². The van der Waals surface area contributed by atoms with Crippen LogP contribution in [0, 0.1) is 5.92 Å². The largest absolute Gasteiger partial charge is 0.354 e. The van der Waals surface area contributed by atoms with Crippen LogP contribution in [-0.2, 0) is 13.1 Å². The van der Waals surface area contributed by atoms with Crippen molar-refractivity contribution < 1.29 is 0 Å². The van der Waals surface area contributed by atoms with Gasteiger partial charge in [-0.15, -0.1) is 0 Å². The van der Waals surface area contributed by atoms with E-state index in [9.17, 15) is 0 Å². The molecule has 1 N–H and O–H groups in total. The summed E-state index contributed by atoms with van der Waals surface area (Å²) in [7, 11) is 0. The van der Waals surface area contributed by atoms with Crippen LogP contribution in [0.2, 0.25) is 0 Å². The molecule has 2 rings (SSSR count). The topological polar surface area (TPSA) is 17.0 Å². The number of hydrogen-bond donors (Lipinski definition) is 1. The third kappa shape index (κ3) is 4.01. The van der Waals surface area contributed by atoms with E-state index in [2.05, 4.69) is 42.2 Å². The summed E-state index contributed by atoms with van der Waals surface area (Å²) in [6, 6.07) is 3.05. The van der Waals surface area contributed by atoms with E-state index in [-0.39, 0.29) is 0 Å². The summed E-state index contributed by atoms with van der Waals surface area (Å²) in [5, 5.41) is 3.55. The summed E-state index contributed by atoms with van der Waals surface area (Å²) in [6.45, 7) is 6.80. The van der Waals surface area contributed by atoms with Crippen molar-refractivity contribution in [3.63, 3.8) is 0 Å². The van der Waals surface area contributed by atoms with E-state index in [4.69, 9.17) is 0 Å². The molecule has 0 bridgehead atoms. The maximum Gasteiger partial charge on any atom is 0.0223 e. The summed E-state index contributed by atoms with van der Waals surface area (Å²) < 4.78 is 2.33. The Morgan fingerprint density at radius 3 is 2.94 bits per heavy atom. The van der Waals surface area contributed by atoms with E-state index in [1.54, 1.807) is 0 Å². The minimum atomic E-state index is 0.810. The van der Waals surface area contributed by atoms with Gasteiger partial charge in [-0.2, -0.15) is 0 Å². The quantitative estimate of drug-likeness (QED) is 0.747. The van der Waals surface area contributed by atoms with Crippen molar-refractivity contribution in [1.82, 2.24) is 9.88 Å². The molecule has 1 aliphatic rings. The molecule has 1 fully saturated rings. The number of rotatable bonds is 7. The SMILES string of the molecule is CC(C)CCCn1ccc(CNC2CC2)c1. The fourth-order valence-corrected chi connectivity index (χ4v) is 1.97. The molecule has 2 heteroatoms. The molecule has 1 saturated carbocycles. The average Bonchev–Trinajstić information content (AvgIpc) is 2.96. The molecule has 90 valence electrons. The first-order valence-corrected chi connectivity index (χ1v) is 6.62.